The molecule has 0 saturated heterocycles. The summed E-state index contributed by atoms with van der Waals surface area (Å²) in [6.45, 7) is 2.69. The molecule has 0 atom stereocenters. The number of primary amides is 1. The number of nitrogens with two attached hydrogens (primary N) is 1. The van der Waals surface area contributed by atoms with Crippen LogP contribution in [0.5, 0.6) is 0 Å². The third-order valence-electron chi connectivity index (χ3n) is 6.55. The van der Waals surface area contributed by atoms with Gasteiger partial charge in [0.25, 0.3) is 0 Å². The first kappa shape index (κ1) is 24.1. The Morgan fingerprint density at radius 1 is 1.18 bits per heavy atom. The molecule has 2 aromatic carbocycles. The van der Waals surface area contributed by atoms with Crippen LogP contribution in [0, 0.1) is 12.8 Å². The van der Waals surface area contributed by atoms with Gasteiger partial charge in [0.05, 0.1) is 16.1 Å². The lowest BCUT2D eigenvalue weighted by Gasteiger charge is -2.30. The highest BCUT2D eigenvalue weighted by Crippen LogP contribution is 2.42. The van der Waals surface area contributed by atoms with Crippen LogP contribution in [0.1, 0.15) is 58.8 Å². The number of alkyl halides is 3. The van der Waals surface area contributed by atoms with E-state index in [2.05, 4.69) is 15.5 Å². The van der Waals surface area contributed by atoms with Gasteiger partial charge in [-0.3, -0.25) is 9.89 Å². The van der Waals surface area contributed by atoms with Gasteiger partial charge in [-0.15, -0.1) is 0 Å². The van der Waals surface area contributed by atoms with E-state index in [1.54, 1.807) is 0 Å². The van der Waals surface area contributed by atoms with Gasteiger partial charge in [0.15, 0.2) is 5.82 Å². The van der Waals surface area contributed by atoms with Crippen LogP contribution in [0.2, 0.25) is 5.02 Å². The molecule has 4 rings (SSSR count). The first-order valence-corrected chi connectivity index (χ1v) is 11.6. The number of benzene rings is 2. The molecule has 0 bridgehead atoms. The van der Waals surface area contributed by atoms with Crippen LogP contribution in [0.25, 0.3) is 11.1 Å². The summed E-state index contributed by atoms with van der Waals surface area (Å²) in [5.74, 6) is 0.0188. The number of aromatic amines is 1. The molecule has 1 aliphatic carbocycles. The molecule has 9 heteroatoms. The molecular formula is C25H26ClF3N4O. The summed E-state index contributed by atoms with van der Waals surface area (Å²) in [5.41, 5.74) is 7.55. The lowest BCUT2D eigenvalue weighted by molar-refractivity contribution is -0.137. The van der Waals surface area contributed by atoms with E-state index in [-0.39, 0.29) is 16.5 Å². The zero-order valence-electron chi connectivity index (χ0n) is 18.7. The summed E-state index contributed by atoms with van der Waals surface area (Å²) < 4.78 is 40.1. The van der Waals surface area contributed by atoms with Crippen LogP contribution in [-0.4, -0.2) is 22.6 Å². The minimum Gasteiger partial charge on any atom is -0.368 e. The van der Waals surface area contributed by atoms with Crippen molar-refractivity contribution < 1.29 is 18.0 Å². The zero-order chi connectivity index (χ0) is 24.5. The van der Waals surface area contributed by atoms with E-state index in [9.17, 15) is 18.0 Å². The van der Waals surface area contributed by atoms with Gasteiger partial charge in [0.1, 0.15) is 0 Å². The first-order valence-electron chi connectivity index (χ1n) is 11.2. The van der Waals surface area contributed by atoms with Crippen LogP contribution in [-0.2, 0) is 6.18 Å². The van der Waals surface area contributed by atoms with Gasteiger partial charge in [-0.25, -0.2) is 0 Å². The zero-order valence-corrected chi connectivity index (χ0v) is 19.4. The summed E-state index contributed by atoms with van der Waals surface area (Å²) in [7, 11) is 0. The SMILES string of the molecule is Cc1[nH]nc(NCC2CCC(c3cc(C(F)(F)F)cc(C(N)=O)c3Cl)CC2)c1-c1ccccc1. The number of anilines is 1. The number of carbonyl (C=O) groups excluding carboxylic acids is 1. The fraction of sp³-hybridized carbons (Fsp3) is 0.360. The van der Waals surface area contributed by atoms with Gasteiger partial charge in [-0.05, 0) is 67.7 Å². The molecule has 0 spiro atoms. The maximum atomic E-state index is 13.4. The Bertz CT molecular complexity index is 1170. The number of amides is 1. The minimum atomic E-state index is -4.58. The molecule has 5 nitrogen and oxygen atoms in total. The molecular weight excluding hydrogens is 465 g/mol. The van der Waals surface area contributed by atoms with Crippen molar-refractivity contribution in [3.8, 4) is 11.1 Å². The third kappa shape index (κ3) is 5.06. The van der Waals surface area contributed by atoms with Crippen LogP contribution in [0.3, 0.4) is 0 Å². The van der Waals surface area contributed by atoms with Crippen molar-refractivity contribution in [1.82, 2.24) is 10.2 Å². The Hall–Kier alpha value is -3.00. The van der Waals surface area contributed by atoms with E-state index < -0.39 is 17.6 Å². The van der Waals surface area contributed by atoms with Crippen molar-refractivity contribution >= 4 is 23.3 Å². The smallest absolute Gasteiger partial charge is 0.368 e. The van der Waals surface area contributed by atoms with Crippen molar-refractivity contribution in [2.45, 2.75) is 44.7 Å². The maximum Gasteiger partial charge on any atom is 0.416 e. The Labute approximate surface area is 200 Å². The average molecular weight is 491 g/mol. The van der Waals surface area contributed by atoms with Crippen molar-refractivity contribution in [1.29, 1.82) is 0 Å². The lowest BCUT2D eigenvalue weighted by atomic mass is 9.78. The second-order valence-corrected chi connectivity index (χ2v) is 9.20. The lowest BCUT2D eigenvalue weighted by Crippen LogP contribution is -2.22. The molecule has 1 aromatic heterocycles. The molecule has 1 amide bonds. The first-order chi connectivity index (χ1) is 16.1. The summed E-state index contributed by atoms with van der Waals surface area (Å²) in [4.78, 5) is 11.7. The summed E-state index contributed by atoms with van der Waals surface area (Å²) in [6, 6.07) is 11.8. The van der Waals surface area contributed by atoms with E-state index in [0.29, 0.717) is 30.9 Å². The van der Waals surface area contributed by atoms with Crippen molar-refractivity contribution in [3.63, 3.8) is 0 Å². The monoisotopic (exact) mass is 490 g/mol. The van der Waals surface area contributed by atoms with Gasteiger partial charge in [0.2, 0.25) is 5.91 Å². The van der Waals surface area contributed by atoms with Crippen molar-refractivity contribution in [2.24, 2.45) is 11.7 Å². The Balaban J connectivity index is 1.44. The Morgan fingerprint density at radius 3 is 2.47 bits per heavy atom. The molecule has 180 valence electrons. The molecule has 0 aliphatic heterocycles. The summed E-state index contributed by atoms with van der Waals surface area (Å²) >= 11 is 6.32. The molecule has 1 aliphatic rings. The van der Waals surface area contributed by atoms with Crippen molar-refractivity contribution in [3.05, 3.63) is 69.9 Å². The number of nitrogens with zero attached hydrogens (tertiary/aromatic N) is 1. The number of aromatic nitrogens is 2. The predicted octanol–water partition coefficient (Wildman–Crippen LogP) is 6.54. The van der Waals surface area contributed by atoms with Crippen LogP contribution >= 0.6 is 11.6 Å². The quantitative estimate of drug-likeness (QED) is 0.366. The molecule has 34 heavy (non-hydrogen) atoms. The van der Waals surface area contributed by atoms with Gasteiger partial charge in [-0.2, -0.15) is 18.3 Å². The van der Waals surface area contributed by atoms with E-state index >= 15 is 0 Å². The highest BCUT2D eigenvalue weighted by Gasteiger charge is 2.34. The topological polar surface area (TPSA) is 83.8 Å². The standard InChI is InChI=1S/C25H26ClF3N4O/c1-14-21(17-5-3-2-4-6-17)24(33-32-14)31-13-15-7-9-16(10-8-15)19-11-18(25(27,28)29)12-20(22(19)26)23(30)34/h2-6,11-12,15-16H,7-10,13H2,1H3,(H2,30,34)(H2,31,32,33). The highest BCUT2D eigenvalue weighted by molar-refractivity contribution is 6.34. The Morgan fingerprint density at radius 2 is 1.85 bits per heavy atom. The second kappa shape index (κ2) is 9.70. The second-order valence-electron chi connectivity index (χ2n) is 8.83. The van der Waals surface area contributed by atoms with E-state index in [1.807, 2.05) is 37.3 Å². The minimum absolute atomic E-state index is 0.0292. The van der Waals surface area contributed by atoms with Crippen LogP contribution in [0.4, 0.5) is 19.0 Å². The predicted molar refractivity (Wildman–Crippen MR) is 127 cm³/mol. The van der Waals surface area contributed by atoms with Gasteiger partial charge in [-0.1, -0.05) is 41.9 Å². The maximum absolute atomic E-state index is 13.4. The van der Waals surface area contributed by atoms with E-state index in [4.69, 9.17) is 17.3 Å². The summed E-state index contributed by atoms with van der Waals surface area (Å²) in [6.07, 6.45) is -1.59. The van der Waals surface area contributed by atoms with Crippen LogP contribution < -0.4 is 11.1 Å². The molecule has 0 unspecified atom stereocenters. The number of hydrogen-bond acceptors (Lipinski definition) is 3. The molecule has 0 radical (unpaired) electrons. The summed E-state index contributed by atoms with van der Waals surface area (Å²) in [5, 5.41) is 10.9. The van der Waals surface area contributed by atoms with Crippen molar-refractivity contribution in [2.75, 3.05) is 11.9 Å². The van der Waals surface area contributed by atoms with E-state index in [1.165, 1.54) is 0 Å². The number of nitrogens with one attached hydrogen (secondary N) is 2. The molecule has 1 saturated carbocycles. The number of carbonyl (C=O) groups is 1. The molecule has 3 aromatic rings. The molecule has 1 fully saturated rings. The van der Waals surface area contributed by atoms with Gasteiger partial charge in [0, 0.05) is 17.8 Å². The number of rotatable bonds is 6. The molecule has 4 N–H and O–H groups in total. The van der Waals surface area contributed by atoms with Gasteiger partial charge >= 0.3 is 6.18 Å². The number of aryl methyl sites for hydroxylation is 1. The van der Waals surface area contributed by atoms with Crippen LogP contribution in [0.15, 0.2) is 42.5 Å². The largest absolute Gasteiger partial charge is 0.416 e. The number of H-pyrrole nitrogens is 1. The third-order valence-corrected chi connectivity index (χ3v) is 6.97. The number of hydrogen-bond donors (Lipinski definition) is 3. The van der Waals surface area contributed by atoms with E-state index in [0.717, 1.165) is 47.6 Å². The fourth-order valence-corrected chi connectivity index (χ4v) is 5.08. The van der Waals surface area contributed by atoms with Gasteiger partial charge < -0.3 is 11.1 Å². The Kier molecular flexibility index (Phi) is 6.89. The average Bonchev–Trinajstić information content (AvgIpc) is 3.18. The number of halogens is 4. The fourth-order valence-electron chi connectivity index (χ4n) is 4.72. The highest BCUT2D eigenvalue weighted by atomic mass is 35.5. The molecule has 1 heterocycles. The normalized spacial score (nSPS) is 18.6.